The van der Waals surface area contributed by atoms with Crippen molar-refractivity contribution in [2.24, 2.45) is 0 Å². The van der Waals surface area contributed by atoms with Crippen LogP contribution < -0.4 is 5.56 Å². The lowest BCUT2D eigenvalue weighted by molar-refractivity contribution is -0.146. The first-order valence-electron chi connectivity index (χ1n) is 9.48. The van der Waals surface area contributed by atoms with Crippen LogP contribution in [0.15, 0.2) is 4.79 Å². The van der Waals surface area contributed by atoms with Gasteiger partial charge in [-0.15, -0.1) is 11.3 Å². The molecule has 2 aromatic rings. The van der Waals surface area contributed by atoms with E-state index in [-0.39, 0.29) is 30.3 Å². The summed E-state index contributed by atoms with van der Waals surface area (Å²) >= 11 is 1.16. The molecule has 0 unspecified atom stereocenters. The first kappa shape index (κ1) is 19.1. The molecule has 2 aromatic heterocycles. The number of esters is 1. The standard InChI is InChI=1S/C19H23N3O5S/c1-10-7-21(8-11(2)27-10)14(23)9-26-19(25)16-12(3)15-17(28-16)20-13-5-4-6-22(13)18(15)24/h10-11H,4-9H2,1-3H3/t10-,11-/m0/s1. The van der Waals surface area contributed by atoms with E-state index in [0.29, 0.717) is 40.3 Å². The molecule has 1 fully saturated rings. The van der Waals surface area contributed by atoms with Gasteiger partial charge in [0, 0.05) is 26.1 Å². The van der Waals surface area contributed by atoms with Crippen molar-refractivity contribution in [3.05, 3.63) is 26.6 Å². The molecule has 9 heteroatoms. The molecule has 0 radical (unpaired) electrons. The number of hydrogen-bond donors (Lipinski definition) is 0. The van der Waals surface area contributed by atoms with Crippen LogP contribution in [0.5, 0.6) is 0 Å². The summed E-state index contributed by atoms with van der Waals surface area (Å²) in [7, 11) is 0. The smallest absolute Gasteiger partial charge is 0.349 e. The predicted molar refractivity (Wildman–Crippen MR) is 104 cm³/mol. The maximum atomic E-state index is 12.7. The Morgan fingerprint density at radius 2 is 2.00 bits per heavy atom. The van der Waals surface area contributed by atoms with Crippen molar-refractivity contribution in [3.8, 4) is 0 Å². The zero-order chi connectivity index (χ0) is 20.0. The van der Waals surface area contributed by atoms with Gasteiger partial charge in [-0.3, -0.25) is 14.2 Å². The summed E-state index contributed by atoms with van der Waals surface area (Å²) in [6.07, 6.45) is 1.59. The average Bonchev–Trinajstić information content (AvgIpc) is 3.24. The fourth-order valence-electron chi connectivity index (χ4n) is 3.94. The Bertz CT molecular complexity index is 1000. The van der Waals surface area contributed by atoms with Crippen molar-refractivity contribution in [3.63, 3.8) is 0 Å². The van der Waals surface area contributed by atoms with Gasteiger partial charge >= 0.3 is 5.97 Å². The van der Waals surface area contributed by atoms with Crippen molar-refractivity contribution in [1.82, 2.24) is 14.5 Å². The van der Waals surface area contributed by atoms with Crippen LogP contribution in [0.2, 0.25) is 0 Å². The molecule has 2 atom stereocenters. The van der Waals surface area contributed by atoms with Crippen molar-refractivity contribution < 1.29 is 19.1 Å². The largest absolute Gasteiger partial charge is 0.451 e. The van der Waals surface area contributed by atoms with Crippen molar-refractivity contribution >= 4 is 33.4 Å². The van der Waals surface area contributed by atoms with E-state index < -0.39 is 5.97 Å². The van der Waals surface area contributed by atoms with Crippen LogP contribution in [0.4, 0.5) is 0 Å². The summed E-state index contributed by atoms with van der Waals surface area (Å²) < 4.78 is 12.6. The second-order valence-corrected chi connectivity index (χ2v) is 8.46. The summed E-state index contributed by atoms with van der Waals surface area (Å²) in [5, 5.41) is 0.477. The van der Waals surface area contributed by atoms with E-state index in [4.69, 9.17) is 9.47 Å². The van der Waals surface area contributed by atoms with Crippen molar-refractivity contribution in [1.29, 1.82) is 0 Å². The summed E-state index contributed by atoms with van der Waals surface area (Å²) in [5.74, 6) is -0.0662. The van der Waals surface area contributed by atoms with E-state index >= 15 is 0 Å². The molecule has 1 amide bonds. The fraction of sp³-hybridized carbons (Fsp3) is 0.579. The second-order valence-electron chi connectivity index (χ2n) is 7.46. The van der Waals surface area contributed by atoms with E-state index in [0.717, 1.165) is 30.0 Å². The van der Waals surface area contributed by atoms with Crippen LogP contribution in [0.1, 0.15) is 41.3 Å². The Labute approximate surface area is 166 Å². The molecule has 0 bridgehead atoms. The Morgan fingerprint density at radius 1 is 1.29 bits per heavy atom. The van der Waals surface area contributed by atoms with E-state index in [1.165, 1.54) is 0 Å². The zero-order valence-corrected chi connectivity index (χ0v) is 17.0. The molecule has 0 saturated carbocycles. The van der Waals surface area contributed by atoms with Crippen molar-refractivity contribution in [2.75, 3.05) is 19.7 Å². The average molecular weight is 405 g/mol. The molecular formula is C19H23N3O5S. The number of amides is 1. The van der Waals surface area contributed by atoms with Gasteiger partial charge in [0.05, 0.1) is 17.6 Å². The molecule has 0 spiro atoms. The normalized spacial score (nSPS) is 21.8. The Hall–Kier alpha value is -2.26. The molecule has 4 rings (SSSR count). The van der Waals surface area contributed by atoms with Gasteiger partial charge in [-0.1, -0.05) is 0 Å². The lowest BCUT2D eigenvalue weighted by Crippen LogP contribution is -2.49. The van der Waals surface area contributed by atoms with Crippen LogP contribution in [0.25, 0.3) is 10.2 Å². The molecule has 2 aliphatic heterocycles. The minimum atomic E-state index is -0.590. The molecule has 2 aliphatic rings. The van der Waals surface area contributed by atoms with E-state index in [1.807, 2.05) is 13.8 Å². The van der Waals surface area contributed by atoms with E-state index in [2.05, 4.69) is 4.98 Å². The maximum absolute atomic E-state index is 12.7. The lowest BCUT2D eigenvalue weighted by Gasteiger charge is -2.35. The summed E-state index contributed by atoms with van der Waals surface area (Å²) in [6, 6.07) is 0. The first-order valence-corrected chi connectivity index (χ1v) is 10.3. The van der Waals surface area contributed by atoms with Gasteiger partial charge in [-0.25, -0.2) is 9.78 Å². The van der Waals surface area contributed by atoms with Crippen molar-refractivity contribution in [2.45, 2.75) is 52.4 Å². The predicted octanol–water partition coefficient (Wildman–Crippen LogP) is 1.51. The minimum Gasteiger partial charge on any atom is -0.451 e. The number of hydrogen-bond acceptors (Lipinski definition) is 7. The number of ether oxygens (including phenoxy) is 2. The molecular weight excluding hydrogens is 382 g/mol. The highest BCUT2D eigenvalue weighted by molar-refractivity contribution is 7.20. The van der Waals surface area contributed by atoms with E-state index in [1.54, 1.807) is 16.4 Å². The number of fused-ring (bicyclic) bond motifs is 2. The first-order chi connectivity index (χ1) is 13.3. The van der Waals surface area contributed by atoms with Crippen LogP contribution in [0.3, 0.4) is 0 Å². The second kappa shape index (κ2) is 7.29. The molecule has 0 aliphatic carbocycles. The van der Waals surface area contributed by atoms with Gasteiger partial charge in [0.2, 0.25) is 0 Å². The number of aryl methyl sites for hydroxylation is 2. The number of morpholine rings is 1. The van der Waals surface area contributed by atoms with Gasteiger partial charge in [0.25, 0.3) is 11.5 Å². The SMILES string of the molecule is Cc1c(C(=O)OCC(=O)N2C[C@H](C)O[C@@H](C)C2)sc2nc3n(c(=O)c12)CCC3. The number of rotatable bonds is 3. The van der Waals surface area contributed by atoms with Gasteiger partial charge in [0.1, 0.15) is 15.5 Å². The monoisotopic (exact) mass is 405 g/mol. The summed E-state index contributed by atoms with van der Waals surface area (Å²) in [6.45, 7) is 6.85. The summed E-state index contributed by atoms with van der Waals surface area (Å²) in [4.78, 5) is 44.8. The van der Waals surface area contributed by atoms with Crippen LogP contribution in [0, 0.1) is 6.92 Å². The number of thiophene rings is 1. The van der Waals surface area contributed by atoms with Crippen LogP contribution in [-0.4, -0.2) is 58.2 Å². The third-order valence-electron chi connectivity index (χ3n) is 5.20. The minimum absolute atomic E-state index is 0.0470. The number of carbonyl (C=O) groups is 2. The molecule has 0 N–H and O–H groups in total. The highest BCUT2D eigenvalue weighted by Crippen LogP contribution is 2.29. The number of aromatic nitrogens is 2. The highest BCUT2D eigenvalue weighted by atomic mass is 32.1. The molecule has 4 heterocycles. The molecule has 0 aromatic carbocycles. The zero-order valence-electron chi connectivity index (χ0n) is 16.2. The maximum Gasteiger partial charge on any atom is 0.349 e. The van der Waals surface area contributed by atoms with Crippen LogP contribution >= 0.6 is 11.3 Å². The number of nitrogens with zero attached hydrogens (tertiary/aromatic N) is 3. The quantitative estimate of drug-likeness (QED) is 0.719. The highest BCUT2D eigenvalue weighted by Gasteiger charge is 2.28. The van der Waals surface area contributed by atoms with Gasteiger partial charge in [-0.2, -0.15) is 0 Å². The topological polar surface area (TPSA) is 90.7 Å². The number of carbonyl (C=O) groups excluding carboxylic acids is 2. The van der Waals surface area contributed by atoms with Gasteiger partial charge in [0.15, 0.2) is 6.61 Å². The van der Waals surface area contributed by atoms with Crippen LogP contribution in [-0.2, 0) is 27.2 Å². The molecule has 1 saturated heterocycles. The fourth-order valence-corrected chi connectivity index (χ4v) is 5.02. The Morgan fingerprint density at radius 3 is 2.71 bits per heavy atom. The molecule has 8 nitrogen and oxygen atoms in total. The van der Waals surface area contributed by atoms with Gasteiger partial charge in [-0.05, 0) is 32.8 Å². The third kappa shape index (κ3) is 3.33. The third-order valence-corrected chi connectivity index (χ3v) is 6.36. The van der Waals surface area contributed by atoms with E-state index in [9.17, 15) is 14.4 Å². The summed E-state index contributed by atoms with van der Waals surface area (Å²) in [5.41, 5.74) is 0.475. The Balaban J connectivity index is 1.50. The van der Waals surface area contributed by atoms with Gasteiger partial charge < -0.3 is 14.4 Å². The molecule has 150 valence electrons. The lowest BCUT2D eigenvalue weighted by atomic mass is 10.2. The molecule has 28 heavy (non-hydrogen) atoms. The Kier molecular flexibility index (Phi) is 4.96.